The van der Waals surface area contributed by atoms with Crippen LogP contribution in [0, 0.1) is 0 Å². The fourth-order valence-electron chi connectivity index (χ4n) is 0.871. The topological polar surface area (TPSA) is 36.9 Å². The van der Waals surface area contributed by atoms with Gasteiger partial charge in [-0.05, 0) is 6.04 Å². The largest absolute Gasteiger partial charge is 0.425 e. The second kappa shape index (κ2) is 6.16. The van der Waals surface area contributed by atoms with Crippen LogP contribution in [0.5, 0.6) is 0 Å². The quantitative estimate of drug-likeness (QED) is 0.562. The van der Waals surface area contributed by atoms with Gasteiger partial charge in [-0.25, -0.2) is 0 Å². The van der Waals surface area contributed by atoms with Crippen molar-refractivity contribution in [2.45, 2.75) is 18.6 Å². The van der Waals surface area contributed by atoms with Gasteiger partial charge in [0.05, 0.1) is 0 Å². The van der Waals surface area contributed by atoms with E-state index >= 15 is 0 Å². The van der Waals surface area contributed by atoms with Gasteiger partial charge in [0.25, 0.3) is 30.0 Å². The Hall–Kier alpha value is 0.498. The third kappa shape index (κ3) is 6.07. The first kappa shape index (κ1) is 12.6. The molecule has 4 nitrogen and oxygen atoms in total. The minimum Gasteiger partial charge on any atom is -0.425 e. The molecule has 0 bridgehead atoms. The molecule has 0 amide bonds. The Balaban J connectivity index is 2.20. The summed E-state index contributed by atoms with van der Waals surface area (Å²) < 4.78 is 56.2. The standard InChI is InChI=1S/C3H11F3O4Si4/c4-3(5,6)1-2-14-9-12-7-11-8-13-10-14/h14H,1-2,11-13H2. The maximum atomic E-state index is 11.9. The van der Waals surface area contributed by atoms with Crippen LogP contribution in [-0.2, 0) is 16.5 Å². The van der Waals surface area contributed by atoms with Crippen LogP contribution in [0.3, 0.4) is 0 Å². The third-order valence-corrected chi connectivity index (χ3v) is 8.99. The SMILES string of the molecule is FC(F)(F)CC[SiH]1O[SiH2]O[SiH2]O[SiH2]O1. The normalized spacial score (nSPS) is 30.6. The van der Waals surface area contributed by atoms with Crippen molar-refractivity contribution >= 4 is 39.3 Å². The first-order valence-electron chi connectivity index (χ1n) is 4.03. The maximum absolute atomic E-state index is 11.9. The Morgan fingerprint density at radius 3 is 2.07 bits per heavy atom. The molecule has 1 saturated heterocycles. The van der Waals surface area contributed by atoms with Crippen molar-refractivity contribution in [1.82, 2.24) is 0 Å². The summed E-state index contributed by atoms with van der Waals surface area (Å²) in [5.74, 6) is 0. The minimum atomic E-state index is -4.12. The van der Waals surface area contributed by atoms with Crippen molar-refractivity contribution in [2.75, 3.05) is 0 Å². The molecule has 0 spiro atoms. The number of halogens is 3. The highest BCUT2D eigenvalue weighted by Crippen LogP contribution is 2.23. The van der Waals surface area contributed by atoms with E-state index in [1.165, 1.54) is 0 Å². The lowest BCUT2D eigenvalue weighted by Gasteiger charge is -2.20. The molecule has 11 heteroatoms. The first-order valence-corrected chi connectivity index (χ1v) is 9.26. The molecule has 1 aliphatic heterocycles. The van der Waals surface area contributed by atoms with Crippen LogP contribution in [0.25, 0.3) is 0 Å². The van der Waals surface area contributed by atoms with Crippen molar-refractivity contribution in [3.63, 3.8) is 0 Å². The van der Waals surface area contributed by atoms with E-state index in [9.17, 15) is 13.2 Å². The summed E-state index contributed by atoms with van der Waals surface area (Å²) in [7, 11) is -5.33. The van der Waals surface area contributed by atoms with Crippen LogP contribution in [0.15, 0.2) is 0 Å². The van der Waals surface area contributed by atoms with Crippen LogP contribution in [0.2, 0.25) is 6.04 Å². The molecule has 0 radical (unpaired) electrons. The van der Waals surface area contributed by atoms with E-state index in [-0.39, 0.29) is 6.04 Å². The summed E-state index contributed by atoms with van der Waals surface area (Å²) in [6.07, 6.45) is -4.95. The number of alkyl halides is 3. The predicted octanol–water partition coefficient (Wildman–Crippen LogP) is -1.76. The first-order chi connectivity index (χ1) is 6.58. The summed E-state index contributed by atoms with van der Waals surface area (Å²) in [6, 6.07) is -0.0300. The van der Waals surface area contributed by atoms with Crippen molar-refractivity contribution in [3.05, 3.63) is 0 Å². The Labute approximate surface area is 88.1 Å². The summed E-state index contributed by atoms with van der Waals surface area (Å²) in [6.45, 7) is 0. The number of hydrogen-bond donors (Lipinski definition) is 0. The smallest absolute Gasteiger partial charge is 0.389 e. The molecular weight excluding hydrogens is 269 g/mol. The zero-order valence-electron chi connectivity index (χ0n) is 7.38. The minimum absolute atomic E-state index is 0.0300. The van der Waals surface area contributed by atoms with E-state index in [0.29, 0.717) is 0 Å². The van der Waals surface area contributed by atoms with Gasteiger partial charge in [0, 0.05) is 6.42 Å². The van der Waals surface area contributed by atoms with E-state index < -0.39 is 51.9 Å². The molecule has 0 saturated carbocycles. The van der Waals surface area contributed by atoms with Crippen LogP contribution >= 0.6 is 0 Å². The summed E-state index contributed by atoms with van der Waals surface area (Å²) >= 11 is 0. The van der Waals surface area contributed by atoms with Gasteiger partial charge in [0.1, 0.15) is 0 Å². The van der Waals surface area contributed by atoms with Crippen LogP contribution in [0.1, 0.15) is 6.42 Å². The van der Waals surface area contributed by atoms with E-state index in [1.54, 1.807) is 0 Å². The van der Waals surface area contributed by atoms with Crippen molar-refractivity contribution in [1.29, 1.82) is 0 Å². The predicted molar refractivity (Wildman–Crippen MR) is 52.6 cm³/mol. The maximum Gasteiger partial charge on any atom is 0.389 e. The van der Waals surface area contributed by atoms with Crippen LogP contribution in [-0.4, -0.2) is 45.5 Å². The lowest BCUT2D eigenvalue weighted by Crippen LogP contribution is -2.34. The highest BCUT2D eigenvalue weighted by atomic mass is 28.4. The summed E-state index contributed by atoms with van der Waals surface area (Å²) in [5.41, 5.74) is 0. The van der Waals surface area contributed by atoms with E-state index in [0.717, 1.165) is 0 Å². The lowest BCUT2D eigenvalue weighted by molar-refractivity contribution is -0.131. The highest BCUT2D eigenvalue weighted by molar-refractivity contribution is 6.59. The van der Waals surface area contributed by atoms with Crippen molar-refractivity contribution < 1.29 is 29.6 Å². The molecule has 0 aromatic heterocycles. The van der Waals surface area contributed by atoms with Crippen molar-refractivity contribution in [2.24, 2.45) is 0 Å². The lowest BCUT2D eigenvalue weighted by atomic mass is 10.5. The van der Waals surface area contributed by atoms with Gasteiger partial charge < -0.3 is 16.5 Å². The average molecular weight is 280 g/mol. The molecule has 0 aromatic carbocycles. The monoisotopic (exact) mass is 280 g/mol. The summed E-state index contributed by atoms with van der Waals surface area (Å²) in [4.78, 5) is 0. The Morgan fingerprint density at radius 1 is 1.00 bits per heavy atom. The molecule has 0 aromatic rings. The molecule has 0 unspecified atom stereocenters. The van der Waals surface area contributed by atoms with Crippen LogP contribution in [0.4, 0.5) is 13.2 Å². The van der Waals surface area contributed by atoms with Gasteiger partial charge >= 0.3 is 15.5 Å². The second-order valence-electron chi connectivity index (χ2n) is 2.68. The van der Waals surface area contributed by atoms with E-state index in [4.69, 9.17) is 16.5 Å². The molecule has 1 heterocycles. The fraction of sp³-hybridized carbons (Fsp3) is 1.00. The van der Waals surface area contributed by atoms with E-state index in [2.05, 4.69) is 0 Å². The zero-order chi connectivity index (χ0) is 10.4. The van der Waals surface area contributed by atoms with Gasteiger partial charge in [-0.1, -0.05) is 0 Å². The molecule has 84 valence electrons. The molecular formula is C3H11F3O4Si4. The van der Waals surface area contributed by atoms with Gasteiger partial charge in [-0.15, -0.1) is 0 Å². The van der Waals surface area contributed by atoms with E-state index in [1.807, 2.05) is 0 Å². The Kier molecular flexibility index (Phi) is 5.53. The zero-order valence-corrected chi connectivity index (χ0v) is 12.8. The molecule has 14 heavy (non-hydrogen) atoms. The van der Waals surface area contributed by atoms with Gasteiger partial charge in [-0.3, -0.25) is 0 Å². The number of hydrogen-bond acceptors (Lipinski definition) is 4. The Morgan fingerprint density at radius 2 is 1.57 bits per heavy atom. The summed E-state index contributed by atoms with van der Waals surface area (Å²) in [5, 5.41) is 0. The number of rotatable bonds is 2. The van der Waals surface area contributed by atoms with Gasteiger partial charge in [0.2, 0.25) is 0 Å². The molecule has 0 atom stereocenters. The van der Waals surface area contributed by atoms with Crippen LogP contribution < -0.4 is 0 Å². The molecule has 1 fully saturated rings. The molecule has 0 N–H and O–H groups in total. The van der Waals surface area contributed by atoms with Crippen molar-refractivity contribution in [3.8, 4) is 0 Å². The van der Waals surface area contributed by atoms with Gasteiger partial charge in [0.15, 0.2) is 0 Å². The molecule has 1 aliphatic rings. The highest BCUT2D eigenvalue weighted by Gasteiger charge is 2.30. The third-order valence-electron chi connectivity index (χ3n) is 1.50. The average Bonchev–Trinajstić information content (AvgIpc) is 2.00. The second-order valence-corrected chi connectivity index (χ2v) is 10.8. The molecule has 1 rings (SSSR count). The fourth-order valence-corrected chi connectivity index (χ4v) is 9.81. The Bertz CT molecular complexity index is 160. The molecule has 0 aliphatic carbocycles. The van der Waals surface area contributed by atoms with Gasteiger partial charge in [-0.2, -0.15) is 13.2 Å².